The van der Waals surface area contributed by atoms with E-state index in [1.807, 2.05) is 0 Å². The van der Waals surface area contributed by atoms with E-state index in [0.717, 1.165) is 0 Å². The Morgan fingerprint density at radius 3 is 2.50 bits per heavy atom. The second-order valence-electron chi connectivity index (χ2n) is 5.15. The van der Waals surface area contributed by atoms with Gasteiger partial charge in [0.1, 0.15) is 5.75 Å². The van der Waals surface area contributed by atoms with Crippen molar-refractivity contribution in [1.82, 2.24) is 5.32 Å². The van der Waals surface area contributed by atoms with Gasteiger partial charge in [-0.2, -0.15) is 0 Å². The number of hydrogen-bond acceptors (Lipinski definition) is 3. The van der Waals surface area contributed by atoms with Crippen molar-refractivity contribution in [3.05, 3.63) is 24.3 Å². The number of benzene rings is 1. The van der Waals surface area contributed by atoms with E-state index in [0.29, 0.717) is 12.2 Å². The molecule has 2 amide bonds. The Hall–Kier alpha value is -2.24. The lowest BCUT2D eigenvalue weighted by Gasteiger charge is -2.29. The number of nitrogens with one attached hydrogen (secondary N) is 1. The van der Waals surface area contributed by atoms with Crippen LogP contribution < -0.4 is 10.2 Å². The summed E-state index contributed by atoms with van der Waals surface area (Å²) >= 11 is 0. The van der Waals surface area contributed by atoms with Gasteiger partial charge in [0.15, 0.2) is 0 Å². The monoisotopic (exact) mass is 280 g/mol. The molecule has 0 aliphatic carbocycles. The molecule has 0 aliphatic heterocycles. The van der Waals surface area contributed by atoms with E-state index in [1.165, 1.54) is 17.0 Å². The average molecular weight is 280 g/mol. The zero-order chi connectivity index (χ0) is 15.3. The number of amides is 2. The van der Waals surface area contributed by atoms with Crippen LogP contribution in [0.2, 0.25) is 0 Å². The number of carbonyl (C=O) groups is 2. The Bertz CT molecular complexity index is 500. The molecule has 110 valence electrons. The number of carboxylic acid groups (broad SMARTS) is 1. The summed E-state index contributed by atoms with van der Waals surface area (Å²) in [6, 6.07) is 5.94. The van der Waals surface area contributed by atoms with Gasteiger partial charge >= 0.3 is 12.0 Å². The molecule has 6 heteroatoms. The summed E-state index contributed by atoms with van der Waals surface area (Å²) in [5.41, 5.74) is -0.302. The lowest BCUT2D eigenvalue weighted by Crippen LogP contribution is -2.51. The van der Waals surface area contributed by atoms with Crippen molar-refractivity contribution in [2.45, 2.75) is 32.7 Å². The van der Waals surface area contributed by atoms with Crippen LogP contribution in [0.25, 0.3) is 0 Å². The van der Waals surface area contributed by atoms with Crippen LogP contribution in [-0.4, -0.2) is 34.3 Å². The second kappa shape index (κ2) is 6.27. The first-order valence-corrected chi connectivity index (χ1v) is 6.35. The molecule has 1 aromatic carbocycles. The number of phenols is 1. The standard InChI is InChI=1S/C14H20N2O4/c1-4-16(10-6-5-7-11(17)8-10)13(20)15-14(2,3)9-12(18)19/h5-8,17H,4,9H2,1-3H3,(H,15,20)(H,18,19). The van der Waals surface area contributed by atoms with E-state index in [9.17, 15) is 14.7 Å². The number of carbonyl (C=O) groups excluding carboxylic acids is 1. The van der Waals surface area contributed by atoms with Crippen LogP contribution in [0.15, 0.2) is 24.3 Å². The molecule has 0 spiro atoms. The minimum atomic E-state index is -0.976. The molecule has 3 N–H and O–H groups in total. The summed E-state index contributed by atoms with van der Waals surface area (Å²) < 4.78 is 0. The maximum absolute atomic E-state index is 12.2. The van der Waals surface area contributed by atoms with E-state index in [1.54, 1.807) is 32.9 Å². The fraction of sp³-hybridized carbons (Fsp3) is 0.429. The van der Waals surface area contributed by atoms with Crippen molar-refractivity contribution in [3.8, 4) is 5.75 Å². The third kappa shape index (κ3) is 4.46. The van der Waals surface area contributed by atoms with Crippen molar-refractivity contribution < 1.29 is 19.8 Å². The smallest absolute Gasteiger partial charge is 0.322 e. The normalized spacial score (nSPS) is 10.9. The molecule has 0 aromatic heterocycles. The third-order valence-electron chi connectivity index (χ3n) is 2.74. The van der Waals surface area contributed by atoms with Crippen LogP contribution in [0.1, 0.15) is 27.2 Å². The van der Waals surface area contributed by atoms with Crippen LogP contribution in [-0.2, 0) is 4.79 Å². The van der Waals surface area contributed by atoms with E-state index >= 15 is 0 Å². The summed E-state index contributed by atoms with van der Waals surface area (Å²) in [7, 11) is 0. The Balaban J connectivity index is 2.85. The van der Waals surface area contributed by atoms with Gasteiger partial charge in [-0.25, -0.2) is 4.79 Å². The highest BCUT2D eigenvalue weighted by atomic mass is 16.4. The van der Waals surface area contributed by atoms with Crippen LogP contribution in [0.4, 0.5) is 10.5 Å². The number of anilines is 1. The highest BCUT2D eigenvalue weighted by Crippen LogP contribution is 2.20. The molecule has 0 bridgehead atoms. The van der Waals surface area contributed by atoms with Crippen molar-refractivity contribution in [3.63, 3.8) is 0 Å². The summed E-state index contributed by atoms with van der Waals surface area (Å²) in [6.07, 6.45) is -0.170. The number of phenolic OH excluding ortho intramolecular Hbond substituents is 1. The summed E-state index contributed by atoms with van der Waals surface area (Å²) in [6.45, 7) is 5.50. The van der Waals surface area contributed by atoms with Crippen molar-refractivity contribution in [2.75, 3.05) is 11.4 Å². The Labute approximate surface area is 118 Å². The molecule has 0 atom stereocenters. The van der Waals surface area contributed by atoms with E-state index in [-0.39, 0.29) is 12.2 Å². The highest BCUT2D eigenvalue weighted by molar-refractivity contribution is 5.92. The molecule has 1 aromatic rings. The third-order valence-corrected chi connectivity index (χ3v) is 2.74. The predicted octanol–water partition coefficient (Wildman–Crippen LogP) is 2.18. The number of aliphatic carboxylic acids is 1. The Morgan fingerprint density at radius 1 is 1.35 bits per heavy atom. The molecular weight excluding hydrogens is 260 g/mol. The molecule has 0 fully saturated rings. The highest BCUT2D eigenvalue weighted by Gasteiger charge is 2.26. The molecule has 0 saturated heterocycles. The number of nitrogens with zero attached hydrogens (tertiary/aromatic N) is 1. The van der Waals surface area contributed by atoms with E-state index < -0.39 is 17.5 Å². The van der Waals surface area contributed by atoms with Gasteiger partial charge in [0.2, 0.25) is 0 Å². The first-order chi connectivity index (χ1) is 9.25. The van der Waals surface area contributed by atoms with Crippen LogP contribution in [0.5, 0.6) is 5.75 Å². The van der Waals surface area contributed by atoms with Gasteiger partial charge in [0, 0.05) is 23.8 Å². The van der Waals surface area contributed by atoms with Gasteiger partial charge in [0.25, 0.3) is 0 Å². The average Bonchev–Trinajstić information content (AvgIpc) is 2.26. The molecule has 20 heavy (non-hydrogen) atoms. The Morgan fingerprint density at radius 2 is 2.00 bits per heavy atom. The van der Waals surface area contributed by atoms with E-state index in [4.69, 9.17) is 5.11 Å². The second-order valence-corrected chi connectivity index (χ2v) is 5.15. The van der Waals surface area contributed by atoms with Gasteiger partial charge in [0.05, 0.1) is 6.42 Å². The topological polar surface area (TPSA) is 89.9 Å². The van der Waals surface area contributed by atoms with Gasteiger partial charge in [-0.15, -0.1) is 0 Å². The van der Waals surface area contributed by atoms with Crippen LogP contribution in [0.3, 0.4) is 0 Å². The molecule has 0 unspecified atom stereocenters. The van der Waals surface area contributed by atoms with Crippen molar-refractivity contribution in [1.29, 1.82) is 0 Å². The van der Waals surface area contributed by atoms with Gasteiger partial charge in [-0.1, -0.05) is 6.07 Å². The van der Waals surface area contributed by atoms with Crippen molar-refractivity contribution >= 4 is 17.7 Å². The fourth-order valence-corrected chi connectivity index (χ4v) is 1.88. The maximum atomic E-state index is 12.2. The molecule has 1 rings (SSSR count). The largest absolute Gasteiger partial charge is 0.508 e. The molecule has 0 aliphatic rings. The van der Waals surface area contributed by atoms with Gasteiger partial charge < -0.3 is 15.5 Å². The maximum Gasteiger partial charge on any atom is 0.322 e. The number of hydrogen-bond donors (Lipinski definition) is 3. The fourth-order valence-electron chi connectivity index (χ4n) is 1.88. The molecule has 0 radical (unpaired) electrons. The minimum absolute atomic E-state index is 0.0681. The lowest BCUT2D eigenvalue weighted by atomic mass is 10.0. The van der Waals surface area contributed by atoms with Gasteiger partial charge in [-0.05, 0) is 32.9 Å². The summed E-state index contributed by atoms with van der Waals surface area (Å²) in [5.74, 6) is -0.908. The number of aromatic hydroxyl groups is 1. The zero-order valence-electron chi connectivity index (χ0n) is 11.9. The van der Waals surface area contributed by atoms with Crippen LogP contribution in [0, 0.1) is 0 Å². The SMILES string of the molecule is CCN(C(=O)NC(C)(C)CC(=O)O)c1cccc(O)c1. The van der Waals surface area contributed by atoms with Gasteiger partial charge in [-0.3, -0.25) is 9.69 Å². The molecule has 0 heterocycles. The zero-order valence-corrected chi connectivity index (χ0v) is 11.9. The molecular formula is C14H20N2O4. The number of rotatable bonds is 5. The predicted molar refractivity (Wildman–Crippen MR) is 76.0 cm³/mol. The minimum Gasteiger partial charge on any atom is -0.508 e. The summed E-state index contributed by atoms with van der Waals surface area (Å²) in [4.78, 5) is 24.4. The summed E-state index contributed by atoms with van der Waals surface area (Å²) in [5, 5.41) is 20.9. The number of carboxylic acids is 1. The van der Waals surface area contributed by atoms with E-state index in [2.05, 4.69) is 5.32 Å². The Kier molecular flexibility index (Phi) is 4.96. The lowest BCUT2D eigenvalue weighted by molar-refractivity contribution is -0.138. The van der Waals surface area contributed by atoms with Crippen LogP contribution >= 0.6 is 0 Å². The molecule has 6 nitrogen and oxygen atoms in total. The quantitative estimate of drug-likeness (QED) is 0.771. The molecule has 0 saturated carbocycles. The first kappa shape index (κ1) is 15.8. The first-order valence-electron chi connectivity index (χ1n) is 6.35. The number of urea groups is 1. The van der Waals surface area contributed by atoms with Crippen molar-refractivity contribution in [2.24, 2.45) is 0 Å².